The second-order valence-corrected chi connectivity index (χ2v) is 8.88. The number of hydrogen-bond donors (Lipinski definition) is 1. The SMILES string of the molecule is O=S1(=O)CCCC(CNC2CC3CCC2CC3)C1. The second kappa shape index (κ2) is 5.12. The molecule has 4 rings (SSSR count). The minimum absolute atomic E-state index is 0.365. The molecule has 1 aliphatic heterocycles. The average molecular weight is 271 g/mol. The van der Waals surface area contributed by atoms with Crippen molar-refractivity contribution in [3.05, 3.63) is 0 Å². The van der Waals surface area contributed by atoms with Gasteiger partial charge in [-0.3, -0.25) is 0 Å². The van der Waals surface area contributed by atoms with Crippen molar-refractivity contribution in [2.75, 3.05) is 18.1 Å². The van der Waals surface area contributed by atoms with Crippen molar-refractivity contribution < 1.29 is 8.42 Å². The largest absolute Gasteiger partial charge is 0.313 e. The molecule has 2 bridgehead atoms. The molecule has 2 unspecified atom stereocenters. The van der Waals surface area contributed by atoms with Crippen molar-refractivity contribution in [3.63, 3.8) is 0 Å². The lowest BCUT2D eigenvalue weighted by Gasteiger charge is -2.43. The highest BCUT2D eigenvalue weighted by atomic mass is 32.2. The zero-order valence-electron chi connectivity index (χ0n) is 11.1. The molecule has 4 heteroatoms. The van der Waals surface area contributed by atoms with E-state index in [1.807, 2.05) is 0 Å². The van der Waals surface area contributed by atoms with Gasteiger partial charge in [-0.1, -0.05) is 12.8 Å². The minimum Gasteiger partial charge on any atom is -0.313 e. The minimum atomic E-state index is -2.74. The highest BCUT2D eigenvalue weighted by molar-refractivity contribution is 7.91. The first-order chi connectivity index (χ1) is 8.62. The Hall–Kier alpha value is -0.0900. The van der Waals surface area contributed by atoms with Crippen molar-refractivity contribution >= 4 is 9.84 Å². The van der Waals surface area contributed by atoms with Gasteiger partial charge in [-0.2, -0.15) is 0 Å². The van der Waals surface area contributed by atoms with Crippen molar-refractivity contribution in [2.45, 2.75) is 51.0 Å². The van der Waals surface area contributed by atoms with Crippen LogP contribution in [-0.2, 0) is 9.84 Å². The summed E-state index contributed by atoms with van der Waals surface area (Å²) in [5, 5.41) is 3.70. The molecule has 1 saturated heterocycles. The molecule has 0 amide bonds. The molecule has 0 aromatic rings. The van der Waals surface area contributed by atoms with Gasteiger partial charge in [0.05, 0.1) is 11.5 Å². The van der Waals surface area contributed by atoms with E-state index < -0.39 is 9.84 Å². The fourth-order valence-corrected chi connectivity index (χ4v) is 6.00. The predicted molar refractivity (Wildman–Crippen MR) is 73.2 cm³/mol. The first kappa shape index (κ1) is 12.9. The van der Waals surface area contributed by atoms with E-state index in [9.17, 15) is 8.42 Å². The van der Waals surface area contributed by atoms with Crippen molar-refractivity contribution in [1.29, 1.82) is 0 Å². The van der Waals surface area contributed by atoms with Crippen molar-refractivity contribution in [2.24, 2.45) is 17.8 Å². The molecule has 0 aromatic carbocycles. The van der Waals surface area contributed by atoms with E-state index in [1.54, 1.807) is 0 Å². The van der Waals surface area contributed by atoms with Gasteiger partial charge in [-0.05, 0) is 56.4 Å². The Morgan fingerprint density at radius 2 is 1.83 bits per heavy atom. The van der Waals surface area contributed by atoms with E-state index in [0.29, 0.717) is 23.5 Å². The predicted octanol–water partition coefficient (Wildman–Crippen LogP) is 1.98. The van der Waals surface area contributed by atoms with Crippen LogP contribution in [-0.4, -0.2) is 32.5 Å². The normalized spacial score (nSPS) is 42.9. The molecule has 1 heterocycles. The molecule has 0 spiro atoms. The summed E-state index contributed by atoms with van der Waals surface area (Å²) in [7, 11) is -2.74. The summed E-state index contributed by atoms with van der Waals surface area (Å²) in [6.45, 7) is 0.924. The number of nitrogens with one attached hydrogen (secondary N) is 1. The van der Waals surface area contributed by atoms with Crippen LogP contribution in [0.25, 0.3) is 0 Å². The smallest absolute Gasteiger partial charge is 0.150 e. The number of sulfone groups is 1. The van der Waals surface area contributed by atoms with E-state index in [0.717, 1.165) is 31.2 Å². The Morgan fingerprint density at radius 1 is 1.06 bits per heavy atom. The zero-order valence-corrected chi connectivity index (χ0v) is 11.9. The van der Waals surface area contributed by atoms with Crippen LogP contribution in [0, 0.1) is 17.8 Å². The van der Waals surface area contributed by atoms with E-state index >= 15 is 0 Å². The van der Waals surface area contributed by atoms with Gasteiger partial charge in [0.25, 0.3) is 0 Å². The van der Waals surface area contributed by atoms with Crippen LogP contribution in [0.15, 0.2) is 0 Å². The van der Waals surface area contributed by atoms with Crippen LogP contribution >= 0.6 is 0 Å². The lowest BCUT2D eigenvalue weighted by Crippen LogP contribution is -2.47. The Balaban J connectivity index is 1.49. The third-order valence-corrected chi connectivity index (χ3v) is 7.16. The molecule has 3 nitrogen and oxygen atoms in total. The van der Waals surface area contributed by atoms with Gasteiger partial charge in [0.2, 0.25) is 0 Å². The van der Waals surface area contributed by atoms with Crippen molar-refractivity contribution in [3.8, 4) is 0 Å². The van der Waals surface area contributed by atoms with Crippen LogP contribution in [0.3, 0.4) is 0 Å². The maximum Gasteiger partial charge on any atom is 0.150 e. The van der Waals surface area contributed by atoms with Crippen LogP contribution in [0.4, 0.5) is 0 Å². The Labute approximate surface area is 111 Å². The van der Waals surface area contributed by atoms with Crippen LogP contribution < -0.4 is 5.32 Å². The van der Waals surface area contributed by atoms with Crippen molar-refractivity contribution in [1.82, 2.24) is 5.32 Å². The quantitative estimate of drug-likeness (QED) is 0.854. The van der Waals surface area contributed by atoms with Gasteiger partial charge in [-0.25, -0.2) is 8.42 Å². The molecule has 1 N–H and O–H groups in total. The molecule has 3 aliphatic carbocycles. The fraction of sp³-hybridized carbons (Fsp3) is 1.00. The molecular formula is C14H25NO2S. The second-order valence-electron chi connectivity index (χ2n) is 6.65. The van der Waals surface area contributed by atoms with Gasteiger partial charge in [0.15, 0.2) is 9.84 Å². The molecule has 0 aromatic heterocycles. The molecule has 104 valence electrons. The maximum atomic E-state index is 11.6. The van der Waals surface area contributed by atoms with Gasteiger partial charge < -0.3 is 5.32 Å². The van der Waals surface area contributed by atoms with Gasteiger partial charge in [0.1, 0.15) is 0 Å². The summed E-state index contributed by atoms with van der Waals surface area (Å²) in [4.78, 5) is 0. The third-order valence-electron chi connectivity index (χ3n) is 5.27. The molecule has 4 aliphatic rings. The molecular weight excluding hydrogens is 246 g/mol. The third kappa shape index (κ3) is 2.90. The topological polar surface area (TPSA) is 46.2 Å². The Kier molecular flexibility index (Phi) is 3.68. The number of fused-ring (bicyclic) bond motifs is 3. The van der Waals surface area contributed by atoms with Gasteiger partial charge >= 0.3 is 0 Å². The lowest BCUT2D eigenvalue weighted by molar-refractivity contribution is 0.121. The first-order valence-electron chi connectivity index (χ1n) is 7.56. The zero-order chi connectivity index (χ0) is 12.6. The lowest BCUT2D eigenvalue weighted by atomic mass is 9.68. The fourth-order valence-electron chi connectivity index (χ4n) is 4.22. The molecule has 18 heavy (non-hydrogen) atoms. The van der Waals surface area contributed by atoms with Gasteiger partial charge in [-0.15, -0.1) is 0 Å². The van der Waals surface area contributed by atoms with Crippen LogP contribution in [0.1, 0.15) is 44.9 Å². The standard InChI is InChI=1S/C14H25NO2S/c16-18(17)7-1-2-12(10-18)9-15-14-8-11-3-5-13(14)6-4-11/h11-15H,1-10H2. The molecule has 0 radical (unpaired) electrons. The summed E-state index contributed by atoms with van der Waals surface area (Å²) in [6.07, 6.45) is 8.94. The van der Waals surface area contributed by atoms with Crippen LogP contribution in [0.5, 0.6) is 0 Å². The molecule has 2 atom stereocenters. The Bertz CT molecular complexity index is 385. The summed E-state index contributed by atoms with van der Waals surface area (Å²) in [5.74, 6) is 3.01. The number of rotatable bonds is 3. The molecule has 3 saturated carbocycles. The van der Waals surface area contributed by atoms with Crippen LogP contribution in [0.2, 0.25) is 0 Å². The maximum absolute atomic E-state index is 11.6. The monoisotopic (exact) mass is 271 g/mol. The summed E-state index contributed by atoms with van der Waals surface area (Å²) >= 11 is 0. The molecule has 4 fully saturated rings. The summed E-state index contributed by atoms with van der Waals surface area (Å²) < 4.78 is 23.2. The first-order valence-corrected chi connectivity index (χ1v) is 9.38. The van der Waals surface area contributed by atoms with E-state index in [-0.39, 0.29) is 0 Å². The summed E-state index contributed by atoms with van der Waals surface area (Å²) in [5.41, 5.74) is 0. The highest BCUT2D eigenvalue weighted by Crippen LogP contribution is 2.41. The average Bonchev–Trinajstić information content (AvgIpc) is 2.37. The Morgan fingerprint density at radius 3 is 2.44 bits per heavy atom. The highest BCUT2D eigenvalue weighted by Gasteiger charge is 2.35. The summed E-state index contributed by atoms with van der Waals surface area (Å²) in [6, 6.07) is 0.683. The number of hydrogen-bond acceptors (Lipinski definition) is 3. The van der Waals surface area contributed by atoms with E-state index in [4.69, 9.17) is 0 Å². The van der Waals surface area contributed by atoms with Gasteiger partial charge in [0, 0.05) is 6.04 Å². The van der Waals surface area contributed by atoms with E-state index in [1.165, 1.54) is 32.1 Å². The van der Waals surface area contributed by atoms with E-state index in [2.05, 4.69) is 5.32 Å².